The summed E-state index contributed by atoms with van der Waals surface area (Å²) in [5, 5.41) is 5.24. The second-order valence-electron chi connectivity index (χ2n) is 3.81. The summed E-state index contributed by atoms with van der Waals surface area (Å²) in [6.45, 7) is 2.69. The molecular formula is C13H16N2OS. The third-order valence-corrected chi connectivity index (χ3v) is 3.48. The molecule has 0 aliphatic rings. The molecule has 0 amide bonds. The van der Waals surface area contributed by atoms with E-state index in [9.17, 15) is 0 Å². The summed E-state index contributed by atoms with van der Waals surface area (Å²) < 4.78 is 5.66. The van der Waals surface area contributed by atoms with Crippen molar-refractivity contribution in [2.45, 2.75) is 19.6 Å². The van der Waals surface area contributed by atoms with Gasteiger partial charge >= 0.3 is 0 Å². The van der Waals surface area contributed by atoms with Gasteiger partial charge in [-0.1, -0.05) is 6.07 Å². The van der Waals surface area contributed by atoms with Crippen LogP contribution in [0.5, 0.6) is 5.88 Å². The van der Waals surface area contributed by atoms with Gasteiger partial charge < -0.3 is 10.1 Å². The van der Waals surface area contributed by atoms with Crippen LogP contribution in [0.25, 0.3) is 0 Å². The standard InChI is InChI=1S/C13H16N2OS/c1-10(14-2)11-5-6-15-13(8-11)16-9-12-4-3-7-17-12/h3-8,10,14H,9H2,1-2H3. The van der Waals surface area contributed by atoms with E-state index in [1.807, 2.05) is 30.6 Å². The molecule has 2 heterocycles. The minimum absolute atomic E-state index is 0.307. The van der Waals surface area contributed by atoms with E-state index in [0.29, 0.717) is 18.5 Å². The zero-order valence-corrected chi connectivity index (χ0v) is 10.8. The lowest BCUT2D eigenvalue weighted by atomic mass is 10.1. The van der Waals surface area contributed by atoms with Crippen LogP contribution in [-0.4, -0.2) is 12.0 Å². The summed E-state index contributed by atoms with van der Waals surface area (Å²) in [7, 11) is 1.94. The Morgan fingerprint density at radius 1 is 1.47 bits per heavy atom. The Bertz CT molecular complexity index is 456. The molecular weight excluding hydrogens is 232 g/mol. The molecule has 3 nitrogen and oxygen atoms in total. The molecule has 1 atom stereocenters. The summed E-state index contributed by atoms with van der Waals surface area (Å²) in [5.41, 5.74) is 1.18. The Hall–Kier alpha value is -1.39. The van der Waals surface area contributed by atoms with E-state index in [-0.39, 0.29) is 0 Å². The van der Waals surface area contributed by atoms with Gasteiger partial charge in [0.25, 0.3) is 0 Å². The Labute approximate surface area is 105 Å². The highest BCUT2D eigenvalue weighted by atomic mass is 32.1. The van der Waals surface area contributed by atoms with Gasteiger partial charge in [-0.15, -0.1) is 11.3 Å². The molecule has 17 heavy (non-hydrogen) atoms. The third kappa shape index (κ3) is 3.28. The predicted molar refractivity (Wildman–Crippen MR) is 70.4 cm³/mol. The first-order chi connectivity index (χ1) is 8.29. The number of thiophene rings is 1. The highest BCUT2D eigenvalue weighted by Crippen LogP contribution is 2.18. The van der Waals surface area contributed by atoms with Crippen molar-refractivity contribution in [3.8, 4) is 5.88 Å². The molecule has 0 bridgehead atoms. The quantitative estimate of drug-likeness (QED) is 0.883. The molecule has 90 valence electrons. The zero-order valence-electron chi connectivity index (χ0n) is 10.0. The largest absolute Gasteiger partial charge is 0.472 e. The molecule has 1 N–H and O–H groups in total. The van der Waals surface area contributed by atoms with Gasteiger partial charge in [-0.05, 0) is 37.0 Å². The van der Waals surface area contributed by atoms with Crippen LogP contribution in [0.4, 0.5) is 0 Å². The lowest BCUT2D eigenvalue weighted by molar-refractivity contribution is 0.296. The Balaban J connectivity index is 2.01. The van der Waals surface area contributed by atoms with Crippen molar-refractivity contribution < 1.29 is 4.74 Å². The van der Waals surface area contributed by atoms with Gasteiger partial charge in [0.1, 0.15) is 6.61 Å². The second kappa shape index (κ2) is 5.80. The lowest BCUT2D eigenvalue weighted by Gasteiger charge is -2.11. The Morgan fingerprint density at radius 3 is 3.06 bits per heavy atom. The maximum absolute atomic E-state index is 5.66. The fourth-order valence-corrected chi connectivity index (χ4v) is 2.10. The predicted octanol–water partition coefficient (Wildman–Crippen LogP) is 3.00. The fourth-order valence-electron chi connectivity index (χ4n) is 1.48. The molecule has 0 saturated carbocycles. The van der Waals surface area contributed by atoms with Gasteiger partial charge in [0.2, 0.25) is 5.88 Å². The first kappa shape index (κ1) is 12.1. The maximum Gasteiger partial charge on any atom is 0.213 e. The monoisotopic (exact) mass is 248 g/mol. The van der Waals surface area contributed by atoms with Crippen LogP contribution in [0, 0.1) is 0 Å². The number of hydrogen-bond acceptors (Lipinski definition) is 4. The molecule has 0 aliphatic carbocycles. The average molecular weight is 248 g/mol. The summed E-state index contributed by atoms with van der Waals surface area (Å²) >= 11 is 1.69. The van der Waals surface area contributed by atoms with Gasteiger partial charge in [0.05, 0.1) is 0 Å². The molecule has 2 rings (SSSR count). The first-order valence-electron chi connectivity index (χ1n) is 5.58. The molecule has 4 heteroatoms. The number of pyridine rings is 1. The summed E-state index contributed by atoms with van der Waals surface area (Å²) in [4.78, 5) is 5.42. The van der Waals surface area contributed by atoms with Gasteiger partial charge in [0, 0.05) is 23.2 Å². The normalized spacial score (nSPS) is 12.4. The van der Waals surface area contributed by atoms with Crippen LogP contribution in [0.3, 0.4) is 0 Å². The molecule has 0 aliphatic heterocycles. The zero-order chi connectivity index (χ0) is 12.1. The van der Waals surface area contributed by atoms with E-state index in [1.54, 1.807) is 17.5 Å². The van der Waals surface area contributed by atoms with E-state index in [1.165, 1.54) is 10.4 Å². The van der Waals surface area contributed by atoms with E-state index in [4.69, 9.17) is 4.74 Å². The van der Waals surface area contributed by atoms with Crippen molar-refractivity contribution >= 4 is 11.3 Å². The molecule has 2 aromatic rings. The second-order valence-corrected chi connectivity index (χ2v) is 4.84. The van der Waals surface area contributed by atoms with E-state index in [2.05, 4.69) is 23.3 Å². The minimum atomic E-state index is 0.307. The number of aromatic nitrogens is 1. The van der Waals surface area contributed by atoms with E-state index < -0.39 is 0 Å². The number of nitrogens with one attached hydrogen (secondary N) is 1. The number of nitrogens with zero attached hydrogens (tertiary/aromatic N) is 1. The van der Waals surface area contributed by atoms with E-state index >= 15 is 0 Å². The van der Waals surface area contributed by atoms with Gasteiger partial charge in [-0.3, -0.25) is 0 Å². The first-order valence-corrected chi connectivity index (χ1v) is 6.46. The number of ether oxygens (including phenoxy) is 1. The van der Waals surface area contributed by atoms with Crippen molar-refractivity contribution in [3.05, 3.63) is 46.3 Å². The van der Waals surface area contributed by atoms with E-state index in [0.717, 1.165) is 0 Å². The lowest BCUT2D eigenvalue weighted by Crippen LogP contribution is -2.12. The summed E-state index contributed by atoms with van der Waals surface area (Å²) in [5.74, 6) is 0.679. The van der Waals surface area contributed by atoms with Crippen LogP contribution in [0.1, 0.15) is 23.4 Å². The molecule has 0 saturated heterocycles. The van der Waals surface area contributed by atoms with Gasteiger partial charge in [-0.25, -0.2) is 4.98 Å². The van der Waals surface area contributed by atoms with Gasteiger partial charge in [0.15, 0.2) is 0 Å². The average Bonchev–Trinajstić information content (AvgIpc) is 2.89. The molecule has 0 spiro atoms. The minimum Gasteiger partial charge on any atom is -0.472 e. The smallest absolute Gasteiger partial charge is 0.213 e. The van der Waals surface area contributed by atoms with Gasteiger partial charge in [-0.2, -0.15) is 0 Å². The van der Waals surface area contributed by atoms with Crippen molar-refractivity contribution in [1.82, 2.24) is 10.3 Å². The van der Waals surface area contributed by atoms with Crippen molar-refractivity contribution in [1.29, 1.82) is 0 Å². The highest BCUT2D eigenvalue weighted by molar-refractivity contribution is 7.09. The van der Waals surface area contributed by atoms with Crippen LogP contribution in [-0.2, 0) is 6.61 Å². The van der Waals surface area contributed by atoms with Crippen LogP contribution in [0.2, 0.25) is 0 Å². The molecule has 1 unspecified atom stereocenters. The molecule has 2 aromatic heterocycles. The fraction of sp³-hybridized carbons (Fsp3) is 0.308. The van der Waals surface area contributed by atoms with Crippen LogP contribution >= 0.6 is 11.3 Å². The van der Waals surface area contributed by atoms with Crippen molar-refractivity contribution in [2.24, 2.45) is 0 Å². The summed E-state index contributed by atoms with van der Waals surface area (Å²) in [6, 6.07) is 8.37. The number of hydrogen-bond donors (Lipinski definition) is 1. The SMILES string of the molecule is CNC(C)c1ccnc(OCc2cccs2)c1. The topological polar surface area (TPSA) is 34.2 Å². The Kier molecular flexibility index (Phi) is 4.12. The third-order valence-electron chi connectivity index (χ3n) is 2.63. The summed E-state index contributed by atoms with van der Waals surface area (Å²) in [6.07, 6.45) is 1.78. The molecule has 0 fully saturated rings. The Morgan fingerprint density at radius 2 is 2.35 bits per heavy atom. The molecule has 0 aromatic carbocycles. The highest BCUT2D eigenvalue weighted by Gasteiger charge is 2.04. The van der Waals surface area contributed by atoms with Crippen LogP contribution in [0.15, 0.2) is 35.8 Å². The molecule has 0 radical (unpaired) electrons. The maximum atomic E-state index is 5.66. The van der Waals surface area contributed by atoms with Crippen molar-refractivity contribution in [2.75, 3.05) is 7.05 Å². The van der Waals surface area contributed by atoms with Crippen LogP contribution < -0.4 is 10.1 Å². The number of rotatable bonds is 5. The van der Waals surface area contributed by atoms with Crippen molar-refractivity contribution in [3.63, 3.8) is 0 Å².